The highest BCUT2D eigenvalue weighted by Crippen LogP contribution is 2.31. The van der Waals surface area contributed by atoms with Gasteiger partial charge < -0.3 is 0 Å². The van der Waals surface area contributed by atoms with Crippen LogP contribution < -0.4 is 0 Å². The van der Waals surface area contributed by atoms with Crippen LogP contribution >= 0.6 is 0 Å². The normalized spacial score (nSPS) is 11.6. The zero-order valence-corrected chi connectivity index (χ0v) is 14.1. The molecule has 0 aliphatic heterocycles. The zero-order valence-electron chi connectivity index (χ0n) is 14.1. The lowest BCUT2D eigenvalue weighted by atomic mass is 9.85. The van der Waals surface area contributed by atoms with Gasteiger partial charge in [-0.05, 0) is 30.4 Å². The van der Waals surface area contributed by atoms with Crippen LogP contribution in [0.15, 0.2) is 18.2 Å². The van der Waals surface area contributed by atoms with Crippen molar-refractivity contribution in [1.82, 2.24) is 0 Å². The van der Waals surface area contributed by atoms with Gasteiger partial charge in [0.15, 0.2) is 0 Å². The molecule has 0 heterocycles. The predicted octanol–water partition coefficient (Wildman–Crippen LogP) is 6.06. The molecular weight excluding hydrogens is 268 g/mol. The van der Waals surface area contributed by atoms with E-state index in [0.717, 1.165) is 24.8 Å². The van der Waals surface area contributed by atoms with Crippen molar-refractivity contribution in [3.8, 4) is 12.1 Å². The molecule has 0 aliphatic carbocycles. The quantitative estimate of drug-likeness (QED) is 0.492. The summed E-state index contributed by atoms with van der Waals surface area (Å²) in [6.07, 6.45) is 11.1. The van der Waals surface area contributed by atoms with Crippen molar-refractivity contribution in [2.75, 3.05) is 0 Å². The van der Waals surface area contributed by atoms with E-state index in [1.54, 1.807) is 6.07 Å². The summed E-state index contributed by atoms with van der Waals surface area (Å²) in [5.74, 6) is 0.416. The Morgan fingerprint density at radius 2 is 1.59 bits per heavy atom. The summed E-state index contributed by atoms with van der Waals surface area (Å²) >= 11 is 0. The smallest absolute Gasteiger partial charge is 0.101 e. The second-order valence-corrected chi connectivity index (χ2v) is 6.04. The van der Waals surface area contributed by atoms with Crippen LogP contribution in [0.4, 0.5) is 0 Å². The Hall–Kier alpha value is -1.80. The molecule has 22 heavy (non-hydrogen) atoms. The molecule has 0 aliphatic rings. The third kappa shape index (κ3) is 5.53. The Balaban J connectivity index is 2.71. The molecule has 0 N–H and O–H groups in total. The SMILES string of the molecule is CCCCCCCCC(CCC)c1cccc(C#N)c1C#N. The fourth-order valence-electron chi connectivity index (χ4n) is 3.10. The van der Waals surface area contributed by atoms with Gasteiger partial charge in [0.25, 0.3) is 0 Å². The van der Waals surface area contributed by atoms with Gasteiger partial charge in [0.2, 0.25) is 0 Å². The number of hydrogen-bond acceptors (Lipinski definition) is 2. The van der Waals surface area contributed by atoms with Crippen molar-refractivity contribution in [3.63, 3.8) is 0 Å². The molecule has 2 heteroatoms. The first-order valence-corrected chi connectivity index (χ1v) is 8.71. The Kier molecular flexibility index (Phi) is 9.01. The van der Waals surface area contributed by atoms with Gasteiger partial charge in [-0.3, -0.25) is 0 Å². The lowest BCUT2D eigenvalue weighted by molar-refractivity contribution is 0.511. The summed E-state index contributed by atoms with van der Waals surface area (Å²) in [4.78, 5) is 0. The third-order valence-electron chi connectivity index (χ3n) is 4.31. The number of benzene rings is 1. The lowest BCUT2D eigenvalue weighted by Crippen LogP contribution is -2.03. The maximum Gasteiger partial charge on any atom is 0.101 e. The van der Waals surface area contributed by atoms with Crippen LogP contribution in [-0.2, 0) is 0 Å². The third-order valence-corrected chi connectivity index (χ3v) is 4.31. The van der Waals surface area contributed by atoms with E-state index in [-0.39, 0.29) is 0 Å². The predicted molar refractivity (Wildman–Crippen MR) is 91.5 cm³/mol. The van der Waals surface area contributed by atoms with Crippen LogP contribution in [0.5, 0.6) is 0 Å². The number of unbranched alkanes of at least 4 members (excludes halogenated alkanes) is 5. The van der Waals surface area contributed by atoms with Crippen LogP contribution in [0.1, 0.15) is 94.2 Å². The van der Waals surface area contributed by atoms with E-state index in [0.29, 0.717) is 17.0 Å². The largest absolute Gasteiger partial charge is 0.192 e. The van der Waals surface area contributed by atoms with Crippen molar-refractivity contribution >= 4 is 0 Å². The molecule has 0 saturated carbocycles. The van der Waals surface area contributed by atoms with E-state index in [1.807, 2.05) is 12.1 Å². The Bertz CT molecular complexity index is 519. The van der Waals surface area contributed by atoms with Crippen LogP contribution in [0.25, 0.3) is 0 Å². The number of rotatable bonds is 10. The molecule has 0 radical (unpaired) electrons. The number of nitrogens with zero attached hydrogens (tertiary/aromatic N) is 2. The van der Waals surface area contributed by atoms with Crippen molar-refractivity contribution in [2.45, 2.75) is 77.6 Å². The minimum Gasteiger partial charge on any atom is -0.192 e. The summed E-state index contributed by atoms with van der Waals surface area (Å²) in [7, 11) is 0. The first-order valence-electron chi connectivity index (χ1n) is 8.71. The first-order chi connectivity index (χ1) is 10.8. The summed E-state index contributed by atoms with van der Waals surface area (Å²) in [5.41, 5.74) is 2.19. The molecule has 1 aromatic rings. The fraction of sp³-hybridized carbons (Fsp3) is 0.600. The van der Waals surface area contributed by atoms with E-state index >= 15 is 0 Å². The summed E-state index contributed by atoms with van der Waals surface area (Å²) in [6.45, 7) is 4.43. The van der Waals surface area contributed by atoms with E-state index in [1.165, 1.54) is 38.5 Å². The van der Waals surface area contributed by atoms with Crippen molar-refractivity contribution in [3.05, 3.63) is 34.9 Å². The summed E-state index contributed by atoms with van der Waals surface area (Å²) < 4.78 is 0. The molecule has 1 aromatic carbocycles. The van der Waals surface area contributed by atoms with Crippen LogP contribution in [0.3, 0.4) is 0 Å². The van der Waals surface area contributed by atoms with Gasteiger partial charge in [0.05, 0.1) is 11.1 Å². The average molecular weight is 296 g/mol. The van der Waals surface area contributed by atoms with E-state index < -0.39 is 0 Å². The van der Waals surface area contributed by atoms with E-state index in [4.69, 9.17) is 0 Å². The molecule has 0 fully saturated rings. The first kappa shape index (κ1) is 18.2. The maximum absolute atomic E-state index is 9.42. The van der Waals surface area contributed by atoms with Gasteiger partial charge in [-0.2, -0.15) is 10.5 Å². The second kappa shape index (κ2) is 10.9. The summed E-state index contributed by atoms with van der Waals surface area (Å²) in [5, 5.41) is 18.6. The topological polar surface area (TPSA) is 47.6 Å². The lowest BCUT2D eigenvalue weighted by Gasteiger charge is -2.18. The number of hydrogen-bond donors (Lipinski definition) is 0. The summed E-state index contributed by atoms with van der Waals surface area (Å²) in [6, 6.07) is 10.1. The van der Waals surface area contributed by atoms with Crippen molar-refractivity contribution in [1.29, 1.82) is 10.5 Å². The van der Waals surface area contributed by atoms with Gasteiger partial charge >= 0.3 is 0 Å². The van der Waals surface area contributed by atoms with Crippen LogP contribution in [0, 0.1) is 22.7 Å². The molecule has 2 nitrogen and oxygen atoms in total. The van der Waals surface area contributed by atoms with Crippen LogP contribution in [0.2, 0.25) is 0 Å². The minimum atomic E-state index is 0.416. The van der Waals surface area contributed by atoms with Gasteiger partial charge in [0, 0.05) is 0 Å². The zero-order chi connectivity index (χ0) is 16.2. The van der Waals surface area contributed by atoms with E-state index in [9.17, 15) is 10.5 Å². The van der Waals surface area contributed by atoms with Gasteiger partial charge in [0.1, 0.15) is 12.1 Å². The molecule has 1 rings (SSSR count). The standard InChI is InChI=1S/C20H28N2/c1-3-5-6-7-8-9-12-17(11-4-2)19-14-10-13-18(15-21)20(19)16-22/h10,13-14,17H,3-9,11-12H2,1-2H3. The molecule has 0 saturated heterocycles. The van der Waals surface area contributed by atoms with Gasteiger partial charge in [-0.15, -0.1) is 0 Å². The number of nitriles is 2. The van der Waals surface area contributed by atoms with Crippen LogP contribution in [-0.4, -0.2) is 0 Å². The molecule has 0 amide bonds. The molecular formula is C20H28N2. The Morgan fingerprint density at radius 3 is 2.23 bits per heavy atom. The molecule has 1 atom stereocenters. The van der Waals surface area contributed by atoms with Gasteiger partial charge in [-0.1, -0.05) is 70.9 Å². The molecule has 1 unspecified atom stereocenters. The van der Waals surface area contributed by atoms with Crippen molar-refractivity contribution in [2.24, 2.45) is 0 Å². The average Bonchev–Trinajstić information content (AvgIpc) is 2.56. The van der Waals surface area contributed by atoms with Crippen molar-refractivity contribution < 1.29 is 0 Å². The minimum absolute atomic E-state index is 0.416. The Labute approximate surface area is 135 Å². The van der Waals surface area contributed by atoms with Gasteiger partial charge in [-0.25, -0.2) is 0 Å². The molecule has 0 spiro atoms. The molecule has 0 bridgehead atoms. The highest BCUT2D eigenvalue weighted by molar-refractivity contribution is 5.51. The monoisotopic (exact) mass is 296 g/mol. The highest BCUT2D eigenvalue weighted by Gasteiger charge is 2.16. The highest BCUT2D eigenvalue weighted by atomic mass is 14.3. The molecule has 0 aromatic heterocycles. The molecule has 118 valence electrons. The fourth-order valence-corrected chi connectivity index (χ4v) is 3.10. The Morgan fingerprint density at radius 1 is 0.864 bits per heavy atom. The maximum atomic E-state index is 9.42. The second-order valence-electron chi connectivity index (χ2n) is 6.04. The van der Waals surface area contributed by atoms with E-state index in [2.05, 4.69) is 26.0 Å².